The Bertz CT molecular complexity index is 307. The predicted molar refractivity (Wildman–Crippen MR) is 66.3 cm³/mol. The van der Waals surface area contributed by atoms with Crippen LogP contribution in [0.5, 0.6) is 0 Å². The summed E-state index contributed by atoms with van der Waals surface area (Å²) in [6.45, 7) is 1.97. The molecule has 90 valence electrons. The largest absolute Gasteiger partial charge is 0.870 e. The highest BCUT2D eigenvalue weighted by atomic mass is 16.3. The van der Waals surface area contributed by atoms with Crippen LogP contribution in [0.25, 0.3) is 6.08 Å². The summed E-state index contributed by atoms with van der Waals surface area (Å²) in [5.74, 6) is 0. The van der Waals surface area contributed by atoms with E-state index in [1.54, 1.807) is 0 Å². The van der Waals surface area contributed by atoms with E-state index in [-0.39, 0.29) is 12.1 Å². The van der Waals surface area contributed by atoms with Gasteiger partial charge in [0.25, 0.3) is 0 Å². The zero-order valence-electron chi connectivity index (χ0n) is 10.0. The molecule has 0 saturated heterocycles. The lowest BCUT2D eigenvalue weighted by Crippen LogP contribution is -2.41. The highest BCUT2D eigenvalue weighted by Gasteiger charge is 2.10. The molecule has 3 heteroatoms. The fraction of sp³-hybridized carbons (Fsp3) is 0.385. The van der Waals surface area contributed by atoms with Crippen molar-refractivity contribution < 1.29 is 15.1 Å². The van der Waals surface area contributed by atoms with Gasteiger partial charge in [-0.15, -0.1) is 0 Å². The Morgan fingerprint density at radius 3 is 2.38 bits per heavy atom. The van der Waals surface area contributed by atoms with Gasteiger partial charge in [-0.1, -0.05) is 36.4 Å². The van der Waals surface area contributed by atoms with E-state index in [1.807, 2.05) is 18.2 Å². The van der Waals surface area contributed by atoms with Crippen molar-refractivity contribution in [3.05, 3.63) is 42.0 Å². The van der Waals surface area contributed by atoms with Gasteiger partial charge in [-0.25, -0.2) is 0 Å². The van der Waals surface area contributed by atoms with Crippen LogP contribution in [0, 0.1) is 0 Å². The summed E-state index contributed by atoms with van der Waals surface area (Å²) in [5.41, 5.74) is 1.22. The van der Waals surface area contributed by atoms with Crippen LogP contribution in [0.1, 0.15) is 5.56 Å². The molecule has 0 unspecified atom stereocenters. The number of rotatable bonds is 5. The van der Waals surface area contributed by atoms with Crippen molar-refractivity contribution in [3.63, 3.8) is 0 Å². The van der Waals surface area contributed by atoms with Gasteiger partial charge >= 0.3 is 0 Å². The molecular weight excluding hydrogens is 202 g/mol. The monoisotopic (exact) mass is 223 g/mol. The number of nitrogens with zero attached hydrogens (tertiary/aromatic N) is 1. The average Bonchev–Trinajstić information content (AvgIpc) is 2.19. The van der Waals surface area contributed by atoms with Crippen molar-refractivity contribution in [2.45, 2.75) is 0 Å². The molecule has 0 amide bonds. The lowest BCUT2D eigenvalue weighted by molar-refractivity contribution is -0.884. The smallest absolute Gasteiger partial charge is 0.102 e. The van der Waals surface area contributed by atoms with Crippen LogP contribution in [0.4, 0.5) is 0 Å². The number of aliphatic hydroxyl groups is 1. The average molecular weight is 223 g/mol. The normalized spacial score (nSPS) is 11.4. The molecule has 0 aliphatic carbocycles. The Kier molecular flexibility index (Phi) is 6.65. The summed E-state index contributed by atoms with van der Waals surface area (Å²) in [5, 5.41) is 8.88. The quantitative estimate of drug-likeness (QED) is 0.771. The zero-order chi connectivity index (χ0) is 11.1. The van der Waals surface area contributed by atoms with Crippen LogP contribution in [0.15, 0.2) is 36.4 Å². The van der Waals surface area contributed by atoms with Crippen LogP contribution < -0.4 is 0 Å². The zero-order valence-corrected chi connectivity index (χ0v) is 10.0. The second-order valence-electron chi connectivity index (χ2n) is 4.38. The lowest BCUT2D eigenvalue weighted by Gasteiger charge is -2.27. The van der Waals surface area contributed by atoms with Crippen molar-refractivity contribution in [1.29, 1.82) is 0 Å². The Morgan fingerprint density at radius 2 is 1.81 bits per heavy atom. The molecular formula is C13H21NO2. The number of hydrogen-bond acceptors (Lipinski definition) is 2. The van der Waals surface area contributed by atoms with Crippen LogP contribution in [-0.4, -0.2) is 48.9 Å². The van der Waals surface area contributed by atoms with E-state index in [9.17, 15) is 0 Å². The first-order valence-corrected chi connectivity index (χ1v) is 5.28. The minimum atomic E-state index is 0. The van der Waals surface area contributed by atoms with Gasteiger partial charge in [0, 0.05) is 0 Å². The molecule has 0 heterocycles. The predicted octanol–water partition coefficient (Wildman–Crippen LogP) is 1.59. The second kappa shape index (κ2) is 7.17. The Hall–Kier alpha value is -1.16. The first-order valence-electron chi connectivity index (χ1n) is 5.28. The summed E-state index contributed by atoms with van der Waals surface area (Å²) in [6.07, 6.45) is 4.28. The molecule has 1 aromatic rings. The Labute approximate surface area is 97.5 Å². The highest BCUT2D eigenvalue weighted by Crippen LogP contribution is 2.03. The van der Waals surface area contributed by atoms with Crippen LogP contribution >= 0.6 is 0 Å². The van der Waals surface area contributed by atoms with Crippen molar-refractivity contribution in [1.82, 2.24) is 0 Å². The van der Waals surface area contributed by atoms with Gasteiger partial charge in [0.1, 0.15) is 6.54 Å². The van der Waals surface area contributed by atoms with E-state index in [2.05, 4.69) is 38.4 Å². The highest BCUT2D eigenvalue weighted by molar-refractivity contribution is 5.48. The van der Waals surface area contributed by atoms with Crippen molar-refractivity contribution >= 4 is 6.08 Å². The van der Waals surface area contributed by atoms with Crippen molar-refractivity contribution in [2.75, 3.05) is 33.8 Å². The molecule has 0 saturated carbocycles. The van der Waals surface area contributed by atoms with Gasteiger partial charge in [-0.05, 0) is 11.6 Å². The van der Waals surface area contributed by atoms with Gasteiger partial charge in [-0.3, -0.25) is 0 Å². The second-order valence-corrected chi connectivity index (χ2v) is 4.38. The first-order chi connectivity index (χ1) is 7.14. The lowest BCUT2D eigenvalue weighted by atomic mass is 10.2. The minimum absolute atomic E-state index is 0. The third-order valence-electron chi connectivity index (χ3n) is 2.41. The summed E-state index contributed by atoms with van der Waals surface area (Å²) in [4.78, 5) is 0. The van der Waals surface area contributed by atoms with Crippen LogP contribution in [0.3, 0.4) is 0 Å². The van der Waals surface area contributed by atoms with E-state index in [4.69, 9.17) is 5.11 Å². The molecule has 0 aliphatic heterocycles. The fourth-order valence-corrected chi connectivity index (χ4v) is 1.40. The van der Waals surface area contributed by atoms with Crippen LogP contribution in [-0.2, 0) is 0 Å². The van der Waals surface area contributed by atoms with Crippen molar-refractivity contribution in [3.8, 4) is 0 Å². The molecule has 1 rings (SSSR count). The summed E-state index contributed by atoms with van der Waals surface area (Å²) < 4.78 is 0.819. The number of benzene rings is 1. The number of likely N-dealkylation sites (N-methyl/N-ethyl adjacent to an activating group) is 1. The van der Waals surface area contributed by atoms with Gasteiger partial charge in [-0.2, -0.15) is 0 Å². The summed E-state index contributed by atoms with van der Waals surface area (Å²) >= 11 is 0. The van der Waals surface area contributed by atoms with Gasteiger partial charge in [0.15, 0.2) is 0 Å². The Morgan fingerprint density at radius 1 is 1.19 bits per heavy atom. The molecule has 0 spiro atoms. The van der Waals surface area contributed by atoms with E-state index >= 15 is 0 Å². The minimum Gasteiger partial charge on any atom is -0.870 e. The van der Waals surface area contributed by atoms with Crippen molar-refractivity contribution in [2.24, 2.45) is 0 Å². The van der Waals surface area contributed by atoms with Gasteiger partial charge in [0.05, 0.1) is 27.2 Å². The molecule has 0 fully saturated rings. The number of hydrogen-bond donors (Lipinski definition) is 1. The van der Waals surface area contributed by atoms with E-state index in [0.29, 0.717) is 0 Å². The number of aliphatic hydroxyl groups excluding tert-OH is 1. The van der Waals surface area contributed by atoms with E-state index in [1.165, 1.54) is 5.56 Å². The maximum absolute atomic E-state index is 8.88. The van der Waals surface area contributed by atoms with E-state index < -0.39 is 0 Å². The van der Waals surface area contributed by atoms with Gasteiger partial charge in [0.2, 0.25) is 0 Å². The third kappa shape index (κ3) is 5.66. The first kappa shape index (κ1) is 14.8. The van der Waals surface area contributed by atoms with Crippen LogP contribution in [0.2, 0.25) is 0 Å². The fourth-order valence-electron chi connectivity index (χ4n) is 1.40. The molecule has 0 aliphatic rings. The molecule has 0 bridgehead atoms. The molecule has 0 radical (unpaired) electrons. The maximum Gasteiger partial charge on any atom is 0.102 e. The SMILES string of the molecule is C[N+](C)(C/C=C/c1ccccc1)CCO.[OH-]. The molecule has 0 aromatic heterocycles. The van der Waals surface area contributed by atoms with E-state index in [0.717, 1.165) is 17.6 Å². The third-order valence-corrected chi connectivity index (χ3v) is 2.41. The summed E-state index contributed by atoms with van der Waals surface area (Å²) in [6, 6.07) is 10.3. The van der Waals surface area contributed by atoms with Gasteiger partial charge < -0.3 is 15.1 Å². The summed E-state index contributed by atoms with van der Waals surface area (Å²) in [7, 11) is 4.23. The Balaban J connectivity index is 0.00000225. The molecule has 2 N–H and O–H groups in total. The molecule has 3 nitrogen and oxygen atoms in total. The molecule has 0 atom stereocenters. The standard InChI is InChI=1S/C13H20NO.H2O/c1-14(2,11-12-15)10-6-9-13-7-4-3-5-8-13;/h3-9,15H,10-12H2,1-2H3;1H2/q+1;/p-1/b9-6+;. The topological polar surface area (TPSA) is 50.2 Å². The maximum atomic E-state index is 8.88. The molecule has 16 heavy (non-hydrogen) atoms. The molecule has 1 aromatic carbocycles. The number of quaternary nitrogens is 1.